The zero-order valence-corrected chi connectivity index (χ0v) is 9.49. The highest BCUT2D eigenvalue weighted by Gasteiger charge is 2.47. The van der Waals surface area contributed by atoms with Crippen LogP contribution in [0.3, 0.4) is 0 Å². The zero-order valence-electron chi connectivity index (χ0n) is 9.49. The molecule has 0 aromatic heterocycles. The highest BCUT2D eigenvalue weighted by atomic mass is 16.3. The summed E-state index contributed by atoms with van der Waals surface area (Å²) in [7, 11) is 0. The third-order valence-corrected chi connectivity index (χ3v) is 3.72. The fourth-order valence-electron chi connectivity index (χ4n) is 2.82. The normalized spacial score (nSPS) is 31.7. The third-order valence-electron chi connectivity index (χ3n) is 3.72. The van der Waals surface area contributed by atoms with Crippen LogP contribution in [-0.4, -0.2) is 17.2 Å². The number of carbonyl (C=O) groups is 1. The number of hydrogen-bond donors (Lipinski definition) is 1. The molecular weight excluding hydrogens is 214 g/mol. The first-order valence-electron chi connectivity index (χ1n) is 6.00. The molecule has 3 rings (SSSR count). The van der Waals surface area contributed by atoms with Crippen molar-refractivity contribution in [1.29, 1.82) is 0 Å². The molecule has 1 unspecified atom stereocenters. The monoisotopic (exact) mass is 229 g/mol. The Labute approximate surface area is 100 Å². The third kappa shape index (κ3) is 1.58. The molecule has 1 heterocycles. The second-order valence-corrected chi connectivity index (χ2v) is 4.67. The van der Waals surface area contributed by atoms with Crippen LogP contribution in [0.4, 0.5) is 5.69 Å². The molecule has 0 radical (unpaired) electrons. The van der Waals surface area contributed by atoms with E-state index in [2.05, 4.69) is 6.08 Å². The standard InChI is InChI=1S/C14H15NO2/c16-13-11-8-4-5-9-12(11)14(17)15(13)10-6-2-1-3-7-10/h1-7,11-13,16H,8-9H2/t11-,12+,13?/m0/s1. The fourth-order valence-corrected chi connectivity index (χ4v) is 2.82. The van der Waals surface area contributed by atoms with E-state index < -0.39 is 6.23 Å². The average Bonchev–Trinajstić information content (AvgIpc) is 2.64. The summed E-state index contributed by atoms with van der Waals surface area (Å²) in [4.78, 5) is 13.8. The zero-order chi connectivity index (χ0) is 11.8. The van der Waals surface area contributed by atoms with Crippen LogP contribution in [0.2, 0.25) is 0 Å². The van der Waals surface area contributed by atoms with Gasteiger partial charge in [0, 0.05) is 17.5 Å². The first kappa shape index (κ1) is 10.5. The fraction of sp³-hybridized carbons (Fsp3) is 0.357. The second-order valence-electron chi connectivity index (χ2n) is 4.67. The number of para-hydroxylation sites is 1. The SMILES string of the molecule is O=C1[C@@H]2CC=CC[C@@H]2C(O)N1c1ccccc1. The summed E-state index contributed by atoms with van der Waals surface area (Å²) >= 11 is 0. The molecule has 1 aromatic carbocycles. The molecule has 1 aromatic rings. The molecule has 3 heteroatoms. The topological polar surface area (TPSA) is 40.5 Å². The molecule has 1 amide bonds. The highest BCUT2D eigenvalue weighted by Crippen LogP contribution is 2.39. The van der Waals surface area contributed by atoms with Crippen molar-refractivity contribution in [3.05, 3.63) is 42.5 Å². The van der Waals surface area contributed by atoms with Crippen LogP contribution in [0.25, 0.3) is 0 Å². The lowest BCUT2D eigenvalue weighted by Crippen LogP contribution is -2.34. The number of amides is 1. The number of aliphatic hydroxyl groups excluding tert-OH is 1. The van der Waals surface area contributed by atoms with Gasteiger partial charge < -0.3 is 5.11 Å². The van der Waals surface area contributed by atoms with Crippen LogP contribution in [-0.2, 0) is 4.79 Å². The Balaban J connectivity index is 1.95. The molecule has 2 aliphatic rings. The van der Waals surface area contributed by atoms with Crippen LogP contribution in [0.5, 0.6) is 0 Å². The summed E-state index contributed by atoms with van der Waals surface area (Å²) in [5.41, 5.74) is 0.791. The van der Waals surface area contributed by atoms with E-state index in [0.29, 0.717) is 0 Å². The number of benzene rings is 1. The first-order valence-corrected chi connectivity index (χ1v) is 6.00. The summed E-state index contributed by atoms with van der Waals surface area (Å²) in [6, 6.07) is 9.41. The van der Waals surface area contributed by atoms with Crippen LogP contribution >= 0.6 is 0 Å². The number of nitrogens with zero attached hydrogens (tertiary/aromatic N) is 1. The van der Waals surface area contributed by atoms with Gasteiger partial charge in [-0.1, -0.05) is 30.4 Å². The van der Waals surface area contributed by atoms with Gasteiger partial charge in [-0.25, -0.2) is 0 Å². The molecule has 0 saturated carbocycles. The molecule has 1 fully saturated rings. The van der Waals surface area contributed by atoms with Gasteiger partial charge in [0.2, 0.25) is 5.91 Å². The van der Waals surface area contributed by atoms with Crippen LogP contribution < -0.4 is 4.90 Å². The number of rotatable bonds is 1. The number of anilines is 1. The lowest BCUT2D eigenvalue weighted by Gasteiger charge is -2.23. The first-order chi connectivity index (χ1) is 8.29. The van der Waals surface area contributed by atoms with E-state index in [0.717, 1.165) is 18.5 Å². The van der Waals surface area contributed by atoms with E-state index in [9.17, 15) is 9.90 Å². The number of aliphatic hydroxyl groups is 1. The molecule has 3 nitrogen and oxygen atoms in total. The van der Waals surface area contributed by atoms with Crippen molar-refractivity contribution >= 4 is 11.6 Å². The van der Waals surface area contributed by atoms with Gasteiger partial charge in [0.1, 0.15) is 6.23 Å². The minimum absolute atomic E-state index is 0.0461. The summed E-state index contributed by atoms with van der Waals surface area (Å²) in [6.07, 6.45) is 4.97. The Kier molecular flexibility index (Phi) is 2.48. The molecule has 1 saturated heterocycles. The van der Waals surface area contributed by atoms with E-state index in [1.807, 2.05) is 36.4 Å². The van der Waals surface area contributed by atoms with Crippen molar-refractivity contribution in [2.24, 2.45) is 11.8 Å². The summed E-state index contributed by atoms with van der Waals surface area (Å²) in [6.45, 7) is 0. The molecule has 0 bridgehead atoms. The quantitative estimate of drug-likeness (QED) is 0.747. The minimum atomic E-state index is -0.681. The Morgan fingerprint density at radius 2 is 1.82 bits per heavy atom. The number of carbonyl (C=O) groups excluding carboxylic acids is 1. The second kappa shape index (κ2) is 4.00. The predicted molar refractivity (Wildman–Crippen MR) is 65.3 cm³/mol. The van der Waals surface area contributed by atoms with Gasteiger partial charge in [0.05, 0.1) is 0 Å². The molecular formula is C14H15NO2. The molecule has 0 spiro atoms. The Morgan fingerprint density at radius 1 is 1.12 bits per heavy atom. The van der Waals surface area contributed by atoms with Gasteiger partial charge >= 0.3 is 0 Å². The van der Waals surface area contributed by atoms with Gasteiger partial charge in [-0.15, -0.1) is 0 Å². The Hall–Kier alpha value is -1.61. The summed E-state index contributed by atoms with van der Waals surface area (Å²) in [5.74, 6) is 0.0564. The summed E-state index contributed by atoms with van der Waals surface area (Å²) in [5, 5.41) is 10.3. The number of fused-ring (bicyclic) bond motifs is 1. The van der Waals surface area contributed by atoms with Crippen LogP contribution in [0, 0.1) is 11.8 Å². The Bertz CT molecular complexity index is 455. The summed E-state index contributed by atoms with van der Waals surface area (Å²) < 4.78 is 0. The number of allylic oxidation sites excluding steroid dienone is 2. The Morgan fingerprint density at radius 3 is 2.53 bits per heavy atom. The van der Waals surface area contributed by atoms with Gasteiger partial charge in [-0.2, -0.15) is 0 Å². The van der Waals surface area contributed by atoms with Crippen LogP contribution in [0.1, 0.15) is 12.8 Å². The van der Waals surface area contributed by atoms with Crippen molar-refractivity contribution in [2.45, 2.75) is 19.1 Å². The highest BCUT2D eigenvalue weighted by molar-refractivity contribution is 5.98. The van der Waals surface area contributed by atoms with E-state index in [1.165, 1.54) is 0 Å². The van der Waals surface area contributed by atoms with Crippen molar-refractivity contribution in [2.75, 3.05) is 4.90 Å². The lowest BCUT2D eigenvalue weighted by molar-refractivity contribution is -0.121. The van der Waals surface area contributed by atoms with Crippen molar-refractivity contribution in [1.82, 2.24) is 0 Å². The lowest BCUT2D eigenvalue weighted by atomic mass is 9.85. The minimum Gasteiger partial charge on any atom is -0.373 e. The maximum atomic E-state index is 12.3. The van der Waals surface area contributed by atoms with E-state index in [-0.39, 0.29) is 17.7 Å². The van der Waals surface area contributed by atoms with Gasteiger partial charge in [-0.3, -0.25) is 9.69 Å². The average molecular weight is 229 g/mol. The molecule has 17 heavy (non-hydrogen) atoms. The smallest absolute Gasteiger partial charge is 0.232 e. The number of hydrogen-bond acceptors (Lipinski definition) is 2. The van der Waals surface area contributed by atoms with Gasteiger partial charge in [0.25, 0.3) is 0 Å². The van der Waals surface area contributed by atoms with Crippen molar-refractivity contribution in [3.63, 3.8) is 0 Å². The maximum absolute atomic E-state index is 12.3. The molecule has 1 N–H and O–H groups in total. The van der Waals surface area contributed by atoms with Gasteiger partial charge in [-0.05, 0) is 25.0 Å². The maximum Gasteiger partial charge on any atom is 0.232 e. The van der Waals surface area contributed by atoms with Gasteiger partial charge in [0.15, 0.2) is 0 Å². The largest absolute Gasteiger partial charge is 0.373 e. The molecule has 3 atom stereocenters. The van der Waals surface area contributed by atoms with Crippen LogP contribution in [0.15, 0.2) is 42.5 Å². The van der Waals surface area contributed by atoms with E-state index in [4.69, 9.17) is 0 Å². The molecule has 1 aliphatic heterocycles. The predicted octanol–water partition coefficient (Wildman–Crippen LogP) is 1.93. The molecule has 1 aliphatic carbocycles. The van der Waals surface area contributed by atoms with Crippen molar-refractivity contribution in [3.8, 4) is 0 Å². The van der Waals surface area contributed by atoms with E-state index >= 15 is 0 Å². The molecule has 88 valence electrons. The van der Waals surface area contributed by atoms with E-state index in [1.54, 1.807) is 4.90 Å². The van der Waals surface area contributed by atoms with Crippen molar-refractivity contribution < 1.29 is 9.90 Å².